The van der Waals surface area contributed by atoms with Gasteiger partial charge in [0.05, 0.1) is 12.2 Å². The average molecular weight is 360 g/mol. The van der Waals surface area contributed by atoms with Gasteiger partial charge in [-0.2, -0.15) is 0 Å². The lowest BCUT2D eigenvalue weighted by atomic mass is 10.2. The van der Waals surface area contributed by atoms with Gasteiger partial charge in [0.1, 0.15) is 5.75 Å². The molecular formula is C19H22ClN3O2. The molecule has 2 aromatic carbocycles. The number of benzene rings is 2. The summed E-state index contributed by atoms with van der Waals surface area (Å²) in [6.45, 7) is 3.96. The highest BCUT2D eigenvalue weighted by Crippen LogP contribution is 2.27. The van der Waals surface area contributed by atoms with Crippen molar-refractivity contribution in [2.24, 2.45) is 0 Å². The Kier molecular flexibility index (Phi) is 5.79. The van der Waals surface area contributed by atoms with Crippen LogP contribution in [-0.2, 0) is 11.3 Å². The first-order valence-corrected chi connectivity index (χ1v) is 8.76. The predicted octanol–water partition coefficient (Wildman–Crippen LogP) is 2.48. The summed E-state index contributed by atoms with van der Waals surface area (Å²) in [6.07, 6.45) is 0. The number of phenols is 1. The van der Waals surface area contributed by atoms with E-state index >= 15 is 0 Å². The SMILES string of the molecule is O=C(CN1CCN(c2ccccc2O)CC1)NCc1ccccc1Cl. The molecule has 1 aliphatic rings. The summed E-state index contributed by atoms with van der Waals surface area (Å²) in [4.78, 5) is 16.4. The van der Waals surface area contributed by atoms with Crippen LogP contribution in [0.3, 0.4) is 0 Å². The molecular weight excluding hydrogens is 338 g/mol. The van der Waals surface area contributed by atoms with Gasteiger partial charge in [-0.1, -0.05) is 41.9 Å². The van der Waals surface area contributed by atoms with Crippen molar-refractivity contribution in [1.29, 1.82) is 0 Å². The van der Waals surface area contributed by atoms with Crippen molar-refractivity contribution >= 4 is 23.2 Å². The van der Waals surface area contributed by atoms with Crippen LogP contribution in [0.25, 0.3) is 0 Å². The minimum atomic E-state index is -0.00377. The zero-order chi connectivity index (χ0) is 17.6. The number of carbonyl (C=O) groups is 1. The number of hydrogen-bond donors (Lipinski definition) is 2. The van der Waals surface area contributed by atoms with Crippen molar-refractivity contribution in [3.05, 3.63) is 59.1 Å². The lowest BCUT2D eigenvalue weighted by molar-refractivity contribution is -0.122. The quantitative estimate of drug-likeness (QED) is 0.861. The van der Waals surface area contributed by atoms with Crippen molar-refractivity contribution in [2.75, 3.05) is 37.6 Å². The van der Waals surface area contributed by atoms with Crippen molar-refractivity contribution < 1.29 is 9.90 Å². The van der Waals surface area contributed by atoms with E-state index in [1.165, 1.54) is 0 Å². The number of anilines is 1. The number of aromatic hydroxyl groups is 1. The van der Waals surface area contributed by atoms with Gasteiger partial charge in [0, 0.05) is 37.7 Å². The van der Waals surface area contributed by atoms with E-state index in [2.05, 4.69) is 15.1 Å². The maximum atomic E-state index is 12.2. The molecule has 1 heterocycles. The summed E-state index contributed by atoms with van der Waals surface area (Å²) in [7, 11) is 0. The van der Waals surface area contributed by atoms with Gasteiger partial charge >= 0.3 is 0 Å². The smallest absolute Gasteiger partial charge is 0.234 e. The van der Waals surface area contributed by atoms with Gasteiger partial charge < -0.3 is 15.3 Å². The van der Waals surface area contributed by atoms with E-state index in [4.69, 9.17) is 11.6 Å². The van der Waals surface area contributed by atoms with Gasteiger partial charge in [-0.25, -0.2) is 0 Å². The van der Waals surface area contributed by atoms with E-state index in [-0.39, 0.29) is 5.91 Å². The first kappa shape index (κ1) is 17.6. The molecule has 2 N–H and O–H groups in total. The van der Waals surface area contributed by atoms with E-state index in [1.807, 2.05) is 42.5 Å². The molecule has 0 bridgehead atoms. The Morgan fingerprint density at radius 2 is 1.72 bits per heavy atom. The summed E-state index contributed by atoms with van der Waals surface area (Å²) in [5, 5.41) is 13.5. The van der Waals surface area contributed by atoms with Gasteiger partial charge in [0.25, 0.3) is 0 Å². The van der Waals surface area contributed by atoms with Gasteiger partial charge in [0.15, 0.2) is 0 Å². The van der Waals surface area contributed by atoms with Crippen LogP contribution in [0.15, 0.2) is 48.5 Å². The zero-order valence-corrected chi connectivity index (χ0v) is 14.7. The molecule has 0 aromatic heterocycles. The third-order valence-corrected chi connectivity index (χ3v) is 4.76. The standard InChI is InChI=1S/C19H22ClN3O2/c20-16-6-2-1-5-15(16)13-21-19(25)14-22-9-11-23(12-10-22)17-7-3-4-8-18(17)24/h1-8,24H,9-14H2,(H,21,25). The van der Waals surface area contributed by atoms with Crippen LogP contribution in [-0.4, -0.2) is 48.6 Å². The van der Waals surface area contributed by atoms with Crippen LogP contribution in [0.5, 0.6) is 5.75 Å². The summed E-state index contributed by atoms with van der Waals surface area (Å²) in [6, 6.07) is 14.9. The third-order valence-electron chi connectivity index (χ3n) is 4.40. The maximum absolute atomic E-state index is 12.2. The molecule has 6 heteroatoms. The van der Waals surface area contributed by atoms with Crippen molar-refractivity contribution in [3.63, 3.8) is 0 Å². The average Bonchev–Trinajstić information content (AvgIpc) is 2.62. The summed E-state index contributed by atoms with van der Waals surface area (Å²) < 4.78 is 0. The number of amides is 1. The zero-order valence-electron chi connectivity index (χ0n) is 14.0. The van der Waals surface area contributed by atoms with E-state index in [9.17, 15) is 9.90 Å². The van der Waals surface area contributed by atoms with Crippen LogP contribution in [0.1, 0.15) is 5.56 Å². The molecule has 25 heavy (non-hydrogen) atoms. The van der Waals surface area contributed by atoms with Crippen LogP contribution in [0.4, 0.5) is 5.69 Å². The van der Waals surface area contributed by atoms with Gasteiger partial charge in [-0.05, 0) is 23.8 Å². The minimum Gasteiger partial charge on any atom is -0.506 e. The monoisotopic (exact) mass is 359 g/mol. The van der Waals surface area contributed by atoms with Crippen molar-refractivity contribution in [2.45, 2.75) is 6.54 Å². The van der Waals surface area contributed by atoms with E-state index in [0.29, 0.717) is 23.9 Å². The second-order valence-electron chi connectivity index (χ2n) is 6.12. The lowest BCUT2D eigenvalue weighted by Crippen LogP contribution is -2.49. The van der Waals surface area contributed by atoms with Crippen LogP contribution in [0.2, 0.25) is 5.02 Å². The number of nitrogens with zero attached hydrogens (tertiary/aromatic N) is 2. The van der Waals surface area contributed by atoms with Crippen molar-refractivity contribution in [1.82, 2.24) is 10.2 Å². The Morgan fingerprint density at radius 1 is 1.04 bits per heavy atom. The van der Waals surface area contributed by atoms with E-state index < -0.39 is 0 Å². The number of para-hydroxylation sites is 2. The van der Waals surface area contributed by atoms with Gasteiger partial charge in [0.2, 0.25) is 5.91 Å². The molecule has 2 aromatic rings. The minimum absolute atomic E-state index is 0.00377. The largest absolute Gasteiger partial charge is 0.506 e. The summed E-state index contributed by atoms with van der Waals surface area (Å²) in [5.41, 5.74) is 1.77. The number of hydrogen-bond acceptors (Lipinski definition) is 4. The Morgan fingerprint density at radius 3 is 2.44 bits per heavy atom. The fourth-order valence-corrected chi connectivity index (χ4v) is 3.18. The second kappa shape index (κ2) is 8.23. The molecule has 3 rings (SSSR count). The number of nitrogens with one attached hydrogen (secondary N) is 1. The molecule has 1 aliphatic heterocycles. The molecule has 132 valence electrons. The number of phenolic OH excluding ortho intramolecular Hbond substituents is 1. The predicted molar refractivity (Wildman–Crippen MR) is 100 cm³/mol. The first-order chi connectivity index (χ1) is 12.1. The number of halogens is 1. The molecule has 0 unspecified atom stereocenters. The highest BCUT2D eigenvalue weighted by atomic mass is 35.5. The Labute approximate surface area is 152 Å². The molecule has 1 saturated heterocycles. The highest BCUT2D eigenvalue weighted by Gasteiger charge is 2.20. The van der Waals surface area contributed by atoms with Gasteiger partial charge in [-0.3, -0.25) is 9.69 Å². The lowest BCUT2D eigenvalue weighted by Gasteiger charge is -2.35. The number of piperazine rings is 1. The van der Waals surface area contributed by atoms with Crippen LogP contribution in [0, 0.1) is 0 Å². The van der Waals surface area contributed by atoms with E-state index in [1.54, 1.807) is 6.07 Å². The van der Waals surface area contributed by atoms with Crippen molar-refractivity contribution in [3.8, 4) is 5.75 Å². The highest BCUT2D eigenvalue weighted by molar-refractivity contribution is 6.31. The van der Waals surface area contributed by atoms with Crippen LogP contribution >= 0.6 is 11.6 Å². The normalized spacial score (nSPS) is 15.2. The summed E-state index contributed by atoms with van der Waals surface area (Å²) in [5.74, 6) is 0.296. The Balaban J connectivity index is 1.45. The second-order valence-corrected chi connectivity index (χ2v) is 6.53. The fourth-order valence-electron chi connectivity index (χ4n) is 2.97. The fraction of sp³-hybridized carbons (Fsp3) is 0.316. The van der Waals surface area contributed by atoms with Gasteiger partial charge in [-0.15, -0.1) is 0 Å². The number of carbonyl (C=O) groups excluding carboxylic acids is 1. The molecule has 0 saturated carbocycles. The first-order valence-electron chi connectivity index (χ1n) is 8.39. The Hall–Kier alpha value is -2.24. The topological polar surface area (TPSA) is 55.8 Å². The third kappa shape index (κ3) is 4.65. The number of rotatable bonds is 5. The Bertz CT molecular complexity index is 730. The molecule has 0 radical (unpaired) electrons. The molecule has 5 nitrogen and oxygen atoms in total. The molecule has 0 spiro atoms. The molecule has 1 amide bonds. The molecule has 1 fully saturated rings. The summed E-state index contributed by atoms with van der Waals surface area (Å²) >= 11 is 6.10. The molecule has 0 atom stereocenters. The van der Waals surface area contributed by atoms with Crippen LogP contribution < -0.4 is 10.2 Å². The maximum Gasteiger partial charge on any atom is 0.234 e. The van der Waals surface area contributed by atoms with E-state index in [0.717, 1.165) is 37.4 Å². The molecule has 0 aliphatic carbocycles.